The van der Waals surface area contributed by atoms with E-state index >= 15 is 0 Å². The van der Waals surface area contributed by atoms with Gasteiger partial charge in [0.2, 0.25) is 0 Å². The van der Waals surface area contributed by atoms with Gasteiger partial charge in [-0.1, -0.05) is 6.07 Å². The number of hydrogen-bond donors (Lipinski definition) is 0. The van der Waals surface area contributed by atoms with E-state index in [1.165, 1.54) is 0 Å². The highest BCUT2D eigenvalue weighted by Gasteiger charge is 2.52. The molecule has 0 aliphatic carbocycles. The van der Waals surface area contributed by atoms with Crippen LogP contribution in [0, 0.1) is 0 Å². The van der Waals surface area contributed by atoms with E-state index in [0.717, 1.165) is 16.6 Å². The molecular formula is C14H19BO3S. The quantitative estimate of drug-likeness (QED) is 0.483. The first-order chi connectivity index (χ1) is 8.80. The Kier molecular flexibility index (Phi) is 3.82. The van der Waals surface area contributed by atoms with Crippen molar-refractivity contribution in [3.8, 4) is 0 Å². The van der Waals surface area contributed by atoms with E-state index in [1.54, 1.807) is 11.8 Å². The lowest BCUT2D eigenvalue weighted by atomic mass is 9.76. The van der Waals surface area contributed by atoms with Crippen LogP contribution in [0.5, 0.6) is 0 Å². The summed E-state index contributed by atoms with van der Waals surface area (Å²) in [6, 6.07) is 5.72. The summed E-state index contributed by atoms with van der Waals surface area (Å²) in [4.78, 5) is 12.3. The SMILES string of the molecule is CSc1ccc(C=O)c(B2OC(C)(C)C(C)(C)O2)c1. The van der Waals surface area contributed by atoms with E-state index in [0.29, 0.717) is 5.56 Å². The van der Waals surface area contributed by atoms with Gasteiger partial charge >= 0.3 is 7.12 Å². The number of carbonyl (C=O) groups is 1. The second-order valence-electron chi connectivity index (χ2n) is 5.70. The predicted molar refractivity (Wildman–Crippen MR) is 79.3 cm³/mol. The molecule has 1 saturated heterocycles. The zero-order valence-electron chi connectivity index (χ0n) is 12.0. The minimum Gasteiger partial charge on any atom is -0.399 e. The van der Waals surface area contributed by atoms with Crippen LogP contribution in [-0.4, -0.2) is 30.9 Å². The summed E-state index contributed by atoms with van der Waals surface area (Å²) in [5.41, 5.74) is 0.636. The van der Waals surface area contributed by atoms with Crippen molar-refractivity contribution in [3.05, 3.63) is 23.8 Å². The van der Waals surface area contributed by atoms with Crippen LogP contribution in [0.4, 0.5) is 0 Å². The fourth-order valence-corrected chi connectivity index (χ4v) is 2.41. The lowest BCUT2D eigenvalue weighted by molar-refractivity contribution is 0.00578. The maximum absolute atomic E-state index is 11.2. The Labute approximate surface area is 119 Å². The van der Waals surface area contributed by atoms with Gasteiger partial charge in [0.15, 0.2) is 0 Å². The molecule has 102 valence electrons. The molecule has 1 heterocycles. The van der Waals surface area contributed by atoms with E-state index in [9.17, 15) is 4.79 Å². The van der Waals surface area contributed by atoms with Crippen molar-refractivity contribution in [2.75, 3.05) is 6.26 Å². The number of benzene rings is 1. The Morgan fingerprint density at radius 1 is 1.16 bits per heavy atom. The predicted octanol–water partition coefficient (Wildman–Crippen LogP) is 2.52. The second kappa shape index (κ2) is 4.96. The first kappa shape index (κ1) is 14.6. The number of aldehydes is 1. The summed E-state index contributed by atoms with van der Waals surface area (Å²) in [6.45, 7) is 8.02. The minimum absolute atomic E-state index is 0.396. The molecule has 5 heteroatoms. The van der Waals surface area contributed by atoms with Gasteiger partial charge in [0.25, 0.3) is 0 Å². The van der Waals surface area contributed by atoms with Gasteiger partial charge in [-0.3, -0.25) is 4.79 Å². The molecule has 0 aromatic heterocycles. The molecular weight excluding hydrogens is 259 g/mol. The maximum Gasteiger partial charge on any atom is 0.495 e. The Bertz CT molecular complexity index is 483. The molecule has 0 saturated carbocycles. The topological polar surface area (TPSA) is 35.5 Å². The van der Waals surface area contributed by atoms with Gasteiger partial charge in [-0.2, -0.15) is 0 Å². The fraction of sp³-hybridized carbons (Fsp3) is 0.500. The van der Waals surface area contributed by atoms with E-state index in [2.05, 4.69) is 0 Å². The molecule has 0 spiro atoms. The van der Waals surface area contributed by atoms with Crippen molar-refractivity contribution in [2.24, 2.45) is 0 Å². The van der Waals surface area contributed by atoms with Crippen molar-refractivity contribution in [3.63, 3.8) is 0 Å². The minimum atomic E-state index is -0.489. The van der Waals surface area contributed by atoms with Gasteiger partial charge in [-0.25, -0.2) is 0 Å². The largest absolute Gasteiger partial charge is 0.495 e. The third-order valence-corrected chi connectivity index (χ3v) is 4.65. The summed E-state index contributed by atoms with van der Waals surface area (Å²) in [5, 5.41) is 0. The summed E-state index contributed by atoms with van der Waals surface area (Å²) < 4.78 is 12.0. The van der Waals surface area contributed by atoms with Crippen molar-refractivity contribution < 1.29 is 14.1 Å². The molecule has 1 aromatic rings. The van der Waals surface area contributed by atoms with Gasteiger partial charge in [-0.15, -0.1) is 11.8 Å². The number of thioether (sulfide) groups is 1. The zero-order valence-corrected chi connectivity index (χ0v) is 12.8. The van der Waals surface area contributed by atoms with Crippen molar-refractivity contribution >= 4 is 30.6 Å². The van der Waals surface area contributed by atoms with Crippen LogP contribution in [0.15, 0.2) is 23.1 Å². The summed E-state index contributed by atoms with van der Waals surface area (Å²) in [6.07, 6.45) is 2.86. The van der Waals surface area contributed by atoms with E-state index in [4.69, 9.17) is 9.31 Å². The highest BCUT2D eigenvalue weighted by molar-refractivity contribution is 7.98. The Balaban J connectivity index is 2.40. The van der Waals surface area contributed by atoms with E-state index in [-0.39, 0.29) is 0 Å². The summed E-state index contributed by atoms with van der Waals surface area (Å²) in [7, 11) is -0.489. The van der Waals surface area contributed by atoms with Crippen LogP contribution in [-0.2, 0) is 9.31 Å². The smallest absolute Gasteiger partial charge is 0.399 e. The van der Waals surface area contributed by atoms with Crippen molar-refractivity contribution in [1.82, 2.24) is 0 Å². The number of carbonyl (C=O) groups excluding carboxylic acids is 1. The second-order valence-corrected chi connectivity index (χ2v) is 6.58. The molecule has 0 atom stereocenters. The normalized spacial score (nSPS) is 20.6. The van der Waals surface area contributed by atoms with Crippen LogP contribution in [0.25, 0.3) is 0 Å². The Hall–Kier alpha value is -0.775. The lowest BCUT2D eigenvalue weighted by Crippen LogP contribution is -2.41. The zero-order chi connectivity index (χ0) is 14.3. The van der Waals surface area contributed by atoms with Gasteiger partial charge in [0, 0.05) is 10.5 Å². The van der Waals surface area contributed by atoms with E-state index < -0.39 is 18.3 Å². The fourth-order valence-electron chi connectivity index (χ4n) is 1.96. The average molecular weight is 278 g/mol. The molecule has 3 nitrogen and oxygen atoms in total. The molecule has 0 radical (unpaired) electrons. The molecule has 1 aromatic carbocycles. The maximum atomic E-state index is 11.2. The molecule has 2 rings (SSSR count). The highest BCUT2D eigenvalue weighted by atomic mass is 32.2. The van der Waals surface area contributed by atoms with Crippen molar-refractivity contribution in [2.45, 2.75) is 43.8 Å². The first-order valence-electron chi connectivity index (χ1n) is 6.29. The summed E-state index contributed by atoms with van der Waals surface area (Å²) in [5.74, 6) is 0. The molecule has 19 heavy (non-hydrogen) atoms. The monoisotopic (exact) mass is 278 g/mol. The third-order valence-electron chi connectivity index (χ3n) is 3.93. The lowest BCUT2D eigenvalue weighted by Gasteiger charge is -2.32. The third kappa shape index (κ3) is 2.60. The van der Waals surface area contributed by atoms with Crippen LogP contribution in [0.2, 0.25) is 0 Å². The van der Waals surface area contributed by atoms with Crippen molar-refractivity contribution in [1.29, 1.82) is 0 Å². The standard InChI is InChI=1S/C14H19BO3S/c1-13(2)14(3,4)18-15(17-13)12-8-11(19-5)7-6-10(12)9-16/h6-9H,1-5H3. The molecule has 1 aliphatic heterocycles. The Morgan fingerprint density at radius 3 is 2.21 bits per heavy atom. The van der Waals surface area contributed by atoms with Crippen LogP contribution < -0.4 is 5.46 Å². The van der Waals surface area contributed by atoms with Gasteiger partial charge < -0.3 is 9.31 Å². The van der Waals surface area contributed by atoms with Crippen LogP contribution in [0.1, 0.15) is 38.1 Å². The van der Waals surface area contributed by atoms with Gasteiger partial charge in [0.1, 0.15) is 6.29 Å². The number of rotatable bonds is 3. The van der Waals surface area contributed by atoms with E-state index in [1.807, 2.05) is 52.1 Å². The molecule has 0 bridgehead atoms. The van der Waals surface area contributed by atoms with Crippen LogP contribution in [0.3, 0.4) is 0 Å². The van der Waals surface area contributed by atoms with Gasteiger partial charge in [-0.05, 0) is 51.5 Å². The molecule has 1 fully saturated rings. The average Bonchev–Trinajstić information content (AvgIpc) is 2.57. The molecule has 0 N–H and O–H groups in total. The molecule has 0 unspecified atom stereocenters. The summed E-state index contributed by atoms with van der Waals surface area (Å²) >= 11 is 1.63. The molecule has 0 amide bonds. The Morgan fingerprint density at radius 2 is 1.74 bits per heavy atom. The van der Waals surface area contributed by atoms with Crippen LogP contribution >= 0.6 is 11.8 Å². The van der Waals surface area contributed by atoms with Gasteiger partial charge in [0.05, 0.1) is 11.2 Å². The highest BCUT2D eigenvalue weighted by Crippen LogP contribution is 2.36. The molecule has 1 aliphatic rings. The number of hydrogen-bond acceptors (Lipinski definition) is 4. The first-order valence-corrected chi connectivity index (χ1v) is 7.52.